The summed E-state index contributed by atoms with van der Waals surface area (Å²) in [6.07, 6.45) is 3.73. The van der Waals surface area contributed by atoms with Gasteiger partial charge in [0, 0.05) is 56.7 Å². The summed E-state index contributed by atoms with van der Waals surface area (Å²) in [7, 11) is 0. The molecular weight excluding hydrogens is 651 g/mol. The van der Waals surface area contributed by atoms with Crippen LogP contribution in [0.1, 0.15) is 26.3 Å². The van der Waals surface area contributed by atoms with Gasteiger partial charge in [-0.25, -0.2) is 15.0 Å². The second-order valence-corrected chi connectivity index (χ2v) is 14.5. The highest BCUT2D eigenvalue weighted by Gasteiger charge is 2.24. The number of hydrogen-bond acceptors (Lipinski definition) is 4. The average Bonchev–Trinajstić information content (AvgIpc) is 3.75. The van der Waals surface area contributed by atoms with Crippen LogP contribution < -0.4 is 4.74 Å². The van der Waals surface area contributed by atoms with E-state index in [0.717, 1.165) is 83.7 Å². The van der Waals surface area contributed by atoms with Gasteiger partial charge in [-0.15, -0.1) is 0 Å². The SMILES string of the molecule is CC(C)(C)c1cccnc1-n1c2ccccc2c2ccc(Oc3ccc4c5cccnc5n5c(-c6ccccc6)c(-c6ccccc6)nc5c4c3)cc21. The van der Waals surface area contributed by atoms with Gasteiger partial charge in [-0.1, -0.05) is 106 Å². The third kappa shape index (κ3) is 4.98. The van der Waals surface area contributed by atoms with Crippen LogP contribution in [0.25, 0.3) is 77.6 Å². The van der Waals surface area contributed by atoms with Crippen molar-refractivity contribution in [2.24, 2.45) is 0 Å². The van der Waals surface area contributed by atoms with Crippen LogP contribution in [-0.4, -0.2) is 23.9 Å². The summed E-state index contributed by atoms with van der Waals surface area (Å²) in [5.74, 6) is 2.40. The molecule has 0 saturated carbocycles. The van der Waals surface area contributed by atoms with Gasteiger partial charge in [-0.2, -0.15) is 0 Å². The van der Waals surface area contributed by atoms with Crippen LogP contribution >= 0.6 is 0 Å². The molecule has 0 unspecified atom stereocenters. The molecule has 0 amide bonds. The number of imidazole rings is 1. The van der Waals surface area contributed by atoms with E-state index in [1.165, 1.54) is 10.9 Å². The molecule has 5 aromatic carbocycles. The first-order valence-electron chi connectivity index (χ1n) is 17.9. The van der Waals surface area contributed by atoms with Gasteiger partial charge in [0.25, 0.3) is 0 Å². The van der Waals surface area contributed by atoms with Gasteiger partial charge in [-0.3, -0.25) is 8.97 Å². The number of aromatic nitrogens is 5. The minimum atomic E-state index is -0.0981. The standard InChI is InChI=1S/C47H35N5O/c1-47(2,3)39-20-13-27-49-46(39)51-40-21-11-10-18-35(40)36-25-23-33(29-41(36)51)53-32-22-24-34-37-19-12-26-48-44(37)52-43(31-16-8-5-9-17-31)42(30-14-6-4-7-15-30)50-45(52)38(34)28-32/h4-29H,1-3H3. The maximum Gasteiger partial charge on any atom is 0.147 e. The minimum absolute atomic E-state index is 0.0981. The third-order valence-corrected chi connectivity index (χ3v) is 10.2. The molecule has 0 radical (unpaired) electrons. The van der Waals surface area contributed by atoms with E-state index < -0.39 is 0 Å². The Kier molecular flexibility index (Phi) is 6.95. The summed E-state index contributed by atoms with van der Waals surface area (Å²) in [5.41, 5.74) is 8.96. The van der Waals surface area contributed by atoms with Crippen molar-refractivity contribution in [1.82, 2.24) is 23.9 Å². The number of fused-ring (bicyclic) bond motifs is 9. The first kappa shape index (κ1) is 31.0. The van der Waals surface area contributed by atoms with Crippen LogP contribution in [0.5, 0.6) is 11.5 Å². The van der Waals surface area contributed by atoms with E-state index in [1.54, 1.807) is 0 Å². The van der Waals surface area contributed by atoms with Crippen molar-refractivity contribution in [1.29, 1.82) is 0 Å². The molecule has 6 heteroatoms. The molecule has 5 heterocycles. The molecule has 53 heavy (non-hydrogen) atoms. The number of ether oxygens (including phenoxy) is 1. The highest BCUT2D eigenvalue weighted by molar-refractivity contribution is 6.13. The second kappa shape index (κ2) is 11.9. The lowest BCUT2D eigenvalue weighted by Gasteiger charge is -2.23. The third-order valence-electron chi connectivity index (χ3n) is 10.2. The lowest BCUT2D eigenvalue weighted by Crippen LogP contribution is -2.16. The van der Waals surface area contributed by atoms with E-state index in [9.17, 15) is 0 Å². The molecule has 0 aliphatic carbocycles. The Morgan fingerprint density at radius 2 is 1.15 bits per heavy atom. The predicted octanol–water partition coefficient (Wildman–Crippen LogP) is 12.0. The lowest BCUT2D eigenvalue weighted by atomic mass is 9.87. The Morgan fingerprint density at radius 1 is 0.509 bits per heavy atom. The van der Waals surface area contributed by atoms with Crippen LogP contribution in [0.2, 0.25) is 0 Å². The molecule has 0 bridgehead atoms. The maximum atomic E-state index is 6.76. The smallest absolute Gasteiger partial charge is 0.147 e. The van der Waals surface area contributed by atoms with E-state index in [4.69, 9.17) is 19.7 Å². The molecule has 6 nitrogen and oxygen atoms in total. The van der Waals surface area contributed by atoms with Crippen molar-refractivity contribution in [2.45, 2.75) is 26.2 Å². The Morgan fingerprint density at radius 3 is 1.94 bits per heavy atom. The van der Waals surface area contributed by atoms with E-state index in [-0.39, 0.29) is 5.41 Å². The van der Waals surface area contributed by atoms with Gasteiger partial charge >= 0.3 is 0 Å². The van der Waals surface area contributed by atoms with Crippen LogP contribution in [0.3, 0.4) is 0 Å². The first-order valence-corrected chi connectivity index (χ1v) is 17.9. The second-order valence-electron chi connectivity index (χ2n) is 14.5. The summed E-state index contributed by atoms with van der Waals surface area (Å²) in [5, 5.41) is 5.43. The minimum Gasteiger partial charge on any atom is -0.457 e. The molecule has 0 fully saturated rings. The highest BCUT2D eigenvalue weighted by atomic mass is 16.5. The van der Waals surface area contributed by atoms with Crippen molar-refractivity contribution in [3.63, 3.8) is 0 Å². The normalized spacial score (nSPS) is 12.1. The average molecular weight is 686 g/mol. The van der Waals surface area contributed by atoms with Gasteiger partial charge in [0.05, 0.1) is 22.4 Å². The zero-order valence-corrected chi connectivity index (χ0v) is 29.7. The molecule has 10 rings (SSSR count). The monoisotopic (exact) mass is 685 g/mol. The zero-order chi connectivity index (χ0) is 35.7. The summed E-state index contributed by atoms with van der Waals surface area (Å²) >= 11 is 0. The predicted molar refractivity (Wildman–Crippen MR) is 216 cm³/mol. The molecule has 0 saturated heterocycles. The van der Waals surface area contributed by atoms with Gasteiger partial charge in [0.1, 0.15) is 28.6 Å². The number of rotatable bonds is 5. The van der Waals surface area contributed by atoms with Crippen LogP contribution in [-0.2, 0) is 5.41 Å². The number of pyridine rings is 3. The molecule has 0 N–H and O–H groups in total. The Labute approximate surface area is 306 Å². The topological polar surface area (TPSA) is 57.2 Å². The van der Waals surface area contributed by atoms with Gasteiger partial charge in [-0.05, 0) is 65.4 Å². The fraction of sp³-hybridized carbons (Fsp3) is 0.0851. The van der Waals surface area contributed by atoms with Crippen molar-refractivity contribution in [3.8, 4) is 39.8 Å². The maximum absolute atomic E-state index is 6.76. The fourth-order valence-electron chi connectivity index (χ4n) is 7.80. The number of nitrogens with zero attached hydrogens (tertiary/aromatic N) is 5. The van der Waals surface area contributed by atoms with E-state index in [2.05, 4.69) is 145 Å². The van der Waals surface area contributed by atoms with Gasteiger partial charge in [0.2, 0.25) is 0 Å². The highest BCUT2D eigenvalue weighted by Crippen LogP contribution is 2.41. The van der Waals surface area contributed by atoms with E-state index >= 15 is 0 Å². The lowest BCUT2D eigenvalue weighted by molar-refractivity contribution is 0.484. The van der Waals surface area contributed by atoms with Crippen molar-refractivity contribution < 1.29 is 4.74 Å². The Balaban J connectivity index is 1.18. The van der Waals surface area contributed by atoms with Crippen LogP contribution in [0.15, 0.2) is 158 Å². The largest absolute Gasteiger partial charge is 0.457 e. The van der Waals surface area contributed by atoms with Gasteiger partial charge < -0.3 is 4.74 Å². The zero-order valence-electron chi connectivity index (χ0n) is 29.7. The summed E-state index contributed by atoms with van der Waals surface area (Å²) < 4.78 is 11.3. The van der Waals surface area contributed by atoms with Crippen molar-refractivity contribution in [3.05, 3.63) is 164 Å². The molecule has 0 aliphatic heterocycles. The van der Waals surface area contributed by atoms with E-state index in [1.807, 2.05) is 42.7 Å². The summed E-state index contributed by atoms with van der Waals surface area (Å²) in [6.45, 7) is 6.70. The fourth-order valence-corrected chi connectivity index (χ4v) is 7.80. The van der Waals surface area contributed by atoms with E-state index in [0.29, 0.717) is 0 Å². The van der Waals surface area contributed by atoms with Gasteiger partial charge in [0.15, 0.2) is 0 Å². The van der Waals surface area contributed by atoms with Crippen molar-refractivity contribution >= 4 is 49.3 Å². The molecule has 0 spiro atoms. The van der Waals surface area contributed by atoms with Crippen molar-refractivity contribution in [2.75, 3.05) is 0 Å². The summed E-state index contributed by atoms with van der Waals surface area (Å²) in [4.78, 5) is 15.3. The van der Waals surface area contributed by atoms with Crippen LogP contribution in [0, 0.1) is 0 Å². The number of hydrogen-bond donors (Lipinski definition) is 0. The Hall–Kier alpha value is -6.79. The Bertz CT molecular complexity index is 3010. The molecule has 10 aromatic rings. The number of benzene rings is 5. The quantitative estimate of drug-likeness (QED) is 0.169. The molecular formula is C47H35N5O. The molecule has 0 atom stereocenters. The molecule has 5 aromatic heterocycles. The summed E-state index contributed by atoms with van der Waals surface area (Å²) in [6, 6.07) is 50.4. The molecule has 0 aliphatic rings. The number of para-hydroxylation sites is 1. The van der Waals surface area contributed by atoms with Crippen LogP contribution in [0.4, 0.5) is 0 Å². The molecule has 254 valence electrons. The first-order chi connectivity index (χ1) is 25.9.